The molecule has 2 aliphatic heterocycles. The number of rotatable bonds is 4. The van der Waals surface area contributed by atoms with Crippen LogP contribution in [0.4, 0.5) is 17.6 Å². The zero-order chi connectivity index (χ0) is 27.9. The zero-order valence-electron chi connectivity index (χ0n) is 20.4. The lowest BCUT2D eigenvalue weighted by molar-refractivity contribution is -0.144. The Hall–Kier alpha value is -3.97. The van der Waals surface area contributed by atoms with Crippen molar-refractivity contribution in [2.45, 2.75) is 50.5 Å². The lowest BCUT2D eigenvalue weighted by Gasteiger charge is -2.32. The zero-order valence-corrected chi connectivity index (χ0v) is 20.4. The Morgan fingerprint density at radius 3 is 2.58 bits per heavy atom. The topological polar surface area (TPSA) is 134 Å². The third-order valence-corrected chi connectivity index (χ3v) is 6.83. The molecule has 1 aromatic heterocycles. The third kappa shape index (κ3) is 5.20. The average Bonchev–Trinajstić information content (AvgIpc) is 3.11. The molecule has 1 fully saturated rings. The second-order valence-corrected chi connectivity index (χ2v) is 9.64. The van der Waals surface area contributed by atoms with Crippen molar-refractivity contribution in [1.82, 2.24) is 25.1 Å². The van der Waals surface area contributed by atoms with E-state index in [4.69, 9.17) is 0 Å². The number of carbonyl (C=O) groups excluding carboxylic acids is 3. The number of fused-ring (bicyclic) bond motifs is 2. The number of alkyl halides is 3. The summed E-state index contributed by atoms with van der Waals surface area (Å²) in [7, 11) is 2.86. The lowest BCUT2D eigenvalue weighted by atomic mass is 9.79. The Labute approximate surface area is 213 Å². The summed E-state index contributed by atoms with van der Waals surface area (Å²) in [6.07, 6.45) is -3.29. The molecule has 14 heteroatoms. The van der Waals surface area contributed by atoms with E-state index >= 15 is 0 Å². The predicted molar refractivity (Wildman–Crippen MR) is 123 cm³/mol. The Morgan fingerprint density at radius 2 is 1.92 bits per heavy atom. The molecular weight excluding hydrogens is 514 g/mol. The lowest BCUT2D eigenvalue weighted by Crippen LogP contribution is -2.48. The molecule has 0 saturated heterocycles. The molecule has 10 nitrogen and oxygen atoms in total. The molecule has 3 heterocycles. The predicted octanol–water partition coefficient (Wildman–Crippen LogP) is 1.51. The summed E-state index contributed by atoms with van der Waals surface area (Å²) >= 11 is 0. The molecular formula is C24H25F4N5O5. The van der Waals surface area contributed by atoms with E-state index < -0.39 is 70.8 Å². The fraction of sp³-hybridized carbons (Fsp3) is 0.458. The van der Waals surface area contributed by atoms with Gasteiger partial charge in [0, 0.05) is 39.1 Å². The molecule has 3 atom stereocenters. The number of hydrogen-bond donors (Lipinski definition) is 3. The van der Waals surface area contributed by atoms with Crippen molar-refractivity contribution < 1.29 is 37.1 Å². The molecule has 1 aliphatic carbocycles. The highest BCUT2D eigenvalue weighted by Gasteiger charge is 2.41. The standard InChI is InChI=1S/C24H25F4N5O5/c1-32(2)23(38)21(36)30-16-8-12-3-5-13(16)19-31-17(18(34)22(37)33(19)10-12)20(35)29-9-11-4-6-15(25)14(7-11)24(26,27)28/h4,6-7,12-13,16,34H,3,5,8-10H2,1-2H3,(H,29,35)(H,30,36). The van der Waals surface area contributed by atoms with Gasteiger partial charge in [-0.1, -0.05) is 6.07 Å². The van der Waals surface area contributed by atoms with Crippen LogP contribution >= 0.6 is 0 Å². The molecule has 2 bridgehead atoms. The van der Waals surface area contributed by atoms with Gasteiger partial charge in [0.15, 0.2) is 5.69 Å². The fourth-order valence-corrected chi connectivity index (χ4v) is 4.93. The summed E-state index contributed by atoms with van der Waals surface area (Å²) < 4.78 is 53.8. The van der Waals surface area contributed by atoms with Gasteiger partial charge in [0.1, 0.15) is 11.6 Å². The Bertz CT molecular complexity index is 1360. The van der Waals surface area contributed by atoms with Crippen molar-refractivity contribution in [2.24, 2.45) is 5.92 Å². The monoisotopic (exact) mass is 539 g/mol. The maximum absolute atomic E-state index is 13.6. The summed E-state index contributed by atoms with van der Waals surface area (Å²) in [5.41, 5.74) is -3.05. The first kappa shape index (κ1) is 27.1. The largest absolute Gasteiger partial charge is 0.501 e. The van der Waals surface area contributed by atoms with Crippen LogP contribution in [0.15, 0.2) is 23.0 Å². The Kier molecular flexibility index (Phi) is 7.17. The van der Waals surface area contributed by atoms with E-state index in [1.807, 2.05) is 0 Å². The minimum absolute atomic E-state index is 0.0489. The van der Waals surface area contributed by atoms with Crippen molar-refractivity contribution in [3.05, 3.63) is 57.0 Å². The first-order valence-electron chi connectivity index (χ1n) is 11.8. The maximum atomic E-state index is 13.6. The first-order valence-corrected chi connectivity index (χ1v) is 11.8. The van der Waals surface area contributed by atoms with Gasteiger partial charge in [0.2, 0.25) is 5.75 Å². The van der Waals surface area contributed by atoms with E-state index in [9.17, 15) is 41.8 Å². The van der Waals surface area contributed by atoms with Crippen LogP contribution in [0.3, 0.4) is 0 Å². The highest BCUT2D eigenvalue weighted by atomic mass is 19.4. The number of amides is 3. The Morgan fingerprint density at radius 1 is 1.21 bits per heavy atom. The molecule has 2 aromatic rings. The minimum Gasteiger partial charge on any atom is -0.501 e. The van der Waals surface area contributed by atoms with Crippen molar-refractivity contribution in [3.63, 3.8) is 0 Å². The number of benzene rings is 1. The number of carbonyl (C=O) groups is 3. The smallest absolute Gasteiger partial charge is 0.419 e. The van der Waals surface area contributed by atoms with Gasteiger partial charge in [-0.2, -0.15) is 13.2 Å². The van der Waals surface area contributed by atoms with E-state index in [1.165, 1.54) is 18.7 Å². The highest BCUT2D eigenvalue weighted by Crippen LogP contribution is 2.40. The molecule has 1 aromatic carbocycles. The molecule has 1 saturated carbocycles. The van der Waals surface area contributed by atoms with Crippen LogP contribution in [0.1, 0.15) is 52.6 Å². The van der Waals surface area contributed by atoms with Gasteiger partial charge in [0.05, 0.1) is 5.56 Å². The molecule has 3 unspecified atom stereocenters. The van der Waals surface area contributed by atoms with Gasteiger partial charge in [-0.05, 0) is 42.9 Å². The summed E-state index contributed by atoms with van der Waals surface area (Å²) in [6.45, 7) is -0.268. The SMILES string of the molecule is CN(C)C(=O)C(=O)NC1CC2CCC1c1nc(C(=O)NCc3ccc(F)c(C(F)(F)F)c3)c(O)c(=O)n1C2. The Balaban J connectivity index is 1.60. The van der Waals surface area contributed by atoms with Crippen LogP contribution in [-0.2, 0) is 28.9 Å². The average molecular weight is 539 g/mol. The summed E-state index contributed by atoms with van der Waals surface area (Å²) in [6, 6.07) is 1.69. The second kappa shape index (κ2) is 10.1. The van der Waals surface area contributed by atoms with E-state index in [0.717, 1.165) is 11.0 Å². The van der Waals surface area contributed by atoms with E-state index in [2.05, 4.69) is 15.6 Å². The molecule has 204 valence electrons. The summed E-state index contributed by atoms with van der Waals surface area (Å²) in [5, 5.41) is 15.5. The van der Waals surface area contributed by atoms with E-state index in [0.29, 0.717) is 31.4 Å². The molecule has 5 rings (SSSR count). The fourth-order valence-electron chi connectivity index (χ4n) is 4.93. The van der Waals surface area contributed by atoms with Crippen LogP contribution in [0.25, 0.3) is 0 Å². The van der Waals surface area contributed by atoms with Crippen LogP contribution in [0, 0.1) is 11.7 Å². The number of halogens is 4. The molecule has 0 radical (unpaired) electrons. The van der Waals surface area contributed by atoms with Gasteiger partial charge >= 0.3 is 18.0 Å². The second-order valence-electron chi connectivity index (χ2n) is 9.64. The van der Waals surface area contributed by atoms with Gasteiger partial charge in [-0.15, -0.1) is 0 Å². The number of aromatic nitrogens is 2. The highest BCUT2D eigenvalue weighted by molar-refractivity contribution is 6.34. The first-order chi connectivity index (χ1) is 17.8. The van der Waals surface area contributed by atoms with Crippen molar-refractivity contribution >= 4 is 17.7 Å². The van der Waals surface area contributed by atoms with Gasteiger partial charge < -0.3 is 20.6 Å². The molecule has 0 spiro atoms. The van der Waals surface area contributed by atoms with Crippen LogP contribution in [0.5, 0.6) is 5.75 Å². The summed E-state index contributed by atoms with van der Waals surface area (Å²) in [4.78, 5) is 55.6. The quantitative estimate of drug-likeness (QED) is 0.399. The number of nitrogens with zero attached hydrogens (tertiary/aromatic N) is 3. The third-order valence-electron chi connectivity index (χ3n) is 6.83. The van der Waals surface area contributed by atoms with Gasteiger partial charge in [-0.3, -0.25) is 23.7 Å². The van der Waals surface area contributed by atoms with E-state index in [1.54, 1.807) is 0 Å². The number of aromatic hydroxyl groups is 1. The van der Waals surface area contributed by atoms with Crippen LogP contribution in [-0.4, -0.2) is 57.4 Å². The van der Waals surface area contributed by atoms with E-state index in [-0.39, 0.29) is 23.9 Å². The molecule has 3 N–H and O–H groups in total. The minimum atomic E-state index is -4.93. The van der Waals surface area contributed by atoms with Gasteiger partial charge in [-0.25, -0.2) is 9.37 Å². The van der Waals surface area contributed by atoms with Gasteiger partial charge in [0.25, 0.3) is 11.5 Å². The number of hydrogen-bond acceptors (Lipinski definition) is 6. The van der Waals surface area contributed by atoms with Crippen molar-refractivity contribution in [2.75, 3.05) is 14.1 Å². The van der Waals surface area contributed by atoms with Crippen molar-refractivity contribution in [1.29, 1.82) is 0 Å². The summed E-state index contributed by atoms with van der Waals surface area (Å²) in [5.74, 6) is -5.41. The molecule has 3 amide bonds. The van der Waals surface area contributed by atoms with Crippen LogP contribution < -0.4 is 16.2 Å². The normalized spacial score (nSPS) is 20.3. The van der Waals surface area contributed by atoms with Crippen LogP contribution in [0.2, 0.25) is 0 Å². The van der Waals surface area contributed by atoms with Crippen molar-refractivity contribution in [3.8, 4) is 5.75 Å². The number of nitrogens with one attached hydrogen (secondary N) is 2. The molecule has 38 heavy (non-hydrogen) atoms. The molecule has 3 aliphatic rings. The number of likely N-dealkylation sites (N-methyl/N-ethyl adjacent to an activating group) is 1. The maximum Gasteiger partial charge on any atom is 0.419 e.